The molecule has 1 unspecified atom stereocenters. The van der Waals surface area contributed by atoms with Gasteiger partial charge in [0.25, 0.3) is 10.0 Å². The average Bonchev–Trinajstić information content (AvgIpc) is 3.50. The monoisotopic (exact) mass is 448 g/mol. The Labute approximate surface area is 180 Å². The molecular formula is C21H24N2O7S. The molecular weight excluding hydrogens is 424 g/mol. The van der Waals surface area contributed by atoms with Gasteiger partial charge in [-0.1, -0.05) is 12.1 Å². The van der Waals surface area contributed by atoms with Crippen molar-refractivity contribution in [3.05, 3.63) is 54.1 Å². The van der Waals surface area contributed by atoms with Crippen molar-refractivity contribution < 1.29 is 32.7 Å². The molecule has 2 atom stereocenters. The fourth-order valence-corrected chi connectivity index (χ4v) is 4.58. The van der Waals surface area contributed by atoms with Gasteiger partial charge in [-0.3, -0.25) is 19.5 Å². The van der Waals surface area contributed by atoms with Gasteiger partial charge in [0.2, 0.25) is 5.91 Å². The Kier molecular flexibility index (Phi) is 6.51. The molecule has 1 saturated carbocycles. The van der Waals surface area contributed by atoms with Crippen LogP contribution in [0.2, 0.25) is 0 Å². The van der Waals surface area contributed by atoms with Gasteiger partial charge in [0.05, 0.1) is 29.9 Å². The van der Waals surface area contributed by atoms with Crippen LogP contribution >= 0.6 is 0 Å². The van der Waals surface area contributed by atoms with Gasteiger partial charge in [0, 0.05) is 5.69 Å². The molecule has 9 nitrogen and oxygen atoms in total. The zero-order chi connectivity index (χ0) is 22.6. The lowest BCUT2D eigenvalue weighted by Crippen LogP contribution is -2.30. The molecule has 0 aromatic heterocycles. The molecule has 0 spiro atoms. The van der Waals surface area contributed by atoms with Crippen LogP contribution in [0.15, 0.2) is 53.4 Å². The predicted octanol–water partition coefficient (Wildman–Crippen LogP) is 2.11. The number of benzene rings is 2. The largest absolute Gasteiger partial charge is 0.497 e. The Balaban J connectivity index is 1.73. The highest BCUT2D eigenvalue weighted by Gasteiger charge is 2.64. The molecule has 2 aromatic rings. The van der Waals surface area contributed by atoms with Crippen molar-refractivity contribution in [2.45, 2.75) is 24.7 Å². The van der Waals surface area contributed by atoms with Gasteiger partial charge in [-0.15, -0.1) is 0 Å². The van der Waals surface area contributed by atoms with E-state index in [9.17, 15) is 18.0 Å². The van der Waals surface area contributed by atoms with Gasteiger partial charge < -0.3 is 9.47 Å². The average molecular weight is 448 g/mol. The molecule has 10 heteroatoms. The smallest absolute Gasteiger partial charge is 0.313 e. The number of nitrogens with one attached hydrogen (secondary N) is 2. The Hall–Kier alpha value is -3.11. The topological polar surface area (TPSA) is 131 Å². The van der Waals surface area contributed by atoms with Crippen LogP contribution in [-0.4, -0.2) is 39.2 Å². The van der Waals surface area contributed by atoms with E-state index in [0.717, 1.165) is 5.56 Å². The number of methoxy groups -OCH3 is 1. The summed E-state index contributed by atoms with van der Waals surface area (Å²) in [6.45, 7) is 1.86. The number of carbonyl (C=O) groups is 2. The quantitative estimate of drug-likeness (QED) is 0.304. The van der Waals surface area contributed by atoms with Crippen LogP contribution in [0.1, 0.15) is 18.9 Å². The number of hydroxylamine groups is 1. The van der Waals surface area contributed by atoms with E-state index in [4.69, 9.17) is 14.7 Å². The molecule has 0 radical (unpaired) electrons. The number of hydrogen-bond acceptors (Lipinski definition) is 7. The first-order valence-electron chi connectivity index (χ1n) is 9.62. The van der Waals surface area contributed by atoms with Crippen molar-refractivity contribution in [3.8, 4) is 5.75 Å². The Morgan fingerprint density at radius 1 is 1.13 bits per heavy atom. The zero-order valence-corrected chi connectivity index (χ0v) is 17.9. The lowest BCUT2D eigenvalue weighted by Gasteiger charge is -2.16. The van der Waals surface area contributed by atoms with Crippen molar-refractivity contribution in [2.75, 3.05) is 18.4 Å². The summed E-state index contributed by atoms with van der Waals surface area (Å²) < 4.78 is 37.8. The Morgan fingerprint density at radius 3 is 2.32 bits per heavy atom. The van der Waals surface area contributed by atoms with Gasteiger partial charge >= 0.3 is 5.97 Å². The van der Waals surface area contributed by atoms with Crippen LogP contribution in [-0.2, 0) is 30.8 Å². The number of amides is 1. The first-order valence-corrected chi connectivity index (χ1v) is 11.1. The van der Waals surface area contributed by atoms with Gasteiger partial charge in [0.15, 0.2) is 0 Å². The number of carbonyl (C=O) groups excluding carboxylic acids is 2. The van der Waals surface area contributed by atoms with E-state index in [-0.39, 0.29) is 24.3 Å². The first-order chi connectivity index (χ1) is 14.8. The van der Waals surface area contributed by atoms with Gasteiger partial charge in [-0.25, -0.2) is 13.9 Å². The summed E-state index contributed by atoms with van der Waals surface area (Å²) in [4.78, 5) is 24.3. The first kappa shape index (κ1) is 22.6. The molecule has 0 heterocycles. The number of anilines is 1. The molecule has 2 aromatic carbocycles. The van der Waals surface area contributed by atoms with Crippen molar-refractivity contribution >= 4 is 27.6 Å². The third kappa shape index (κ3) is 4.80. The Bertz CT molecular complexity index is 1050. The number of hydrogen-bond donors (Lipinski definition) is 3. The summed E-state index contributed by atoms with van der Waals surface area (Å²) in [7, 11) is -2.28. The molecule has 1 fully saturated rings. The standard InChI is InChI=1S/C21H24N2O7S/c1-3-30-20(25)21(13-18(21)19(24)22-26)12-14-4-6-15(7-5-14)23-31(27,28)17-10-8-16(29-2)9-11-17/h4-11,18,23,26H,3,12-13H2,1-2H3,(H,22,24)/t18?,21-/m0/s1. The fraction of sp³-hybridized carbons (Fsp3) is 0.333. The van der Waals surface area contributed by atoms with E-state index in [1.54, 1.807) is 48.8 Å². The maximum absolute atomic E-state index is 12.6. The summed E-state index contributed by atoms with van der Waals surface area (Å²) in [5.74, 6) is -1.25. The van der Waals surface area contributed by atoms with E-state index in [1.807, 2.05) is 0 Å². The number of esters is 1. The SMILES string of the molecule is CCOC(=O)[C@@]1(Cc2ccc(NS(=O)(=O)c3ccc(OC)cc3)cc2)CC1C(=O)NO. The zero-order valence-electron chi connectivity index (χ0n) is 17.1. The van der Waals surface area contributed by atoms with Crippen molar-refractivity contribution in [1.82, 2.24) is 5.48 Å². The minimum absolute atomic E-state index is 0.0921. The van der Waals surface area contributed by atoms with Crippen LogP contribution < -0.4 is 14.9 Å². The molecule has 1 aliphatic rings. The summed E-state index contributed by atoms with van der Waals surface area (Å²) in [6.07, 6.45) is 0.500. The second-order valence-corrected chi connectivity index (χ2v) is 8.95. The number of rotatable bonds is 9. The van der Waals surface area contributed by atoms with E-state index in [2.05, 4.69) is 4.72 Å². The summed E-state index contributed by atoms with van der Waals surface area (Å²) >= 11 is 0. The minimum atomic E-state index is -3.78. The summed E-state index contributed by atoms with van der Waals surface area (Å²) in [5.41, 5.74) is 1.64. The highest BCUT2D eigenvalue weighted by molar-refractivity contribution is 7.92. The molecule has 3 N–H and O–H groups in total. The van der Waals surface area contributed by atoms with Crippen molar-refractivity contribution in [1.29, 1.82) is 0 Å². The van der Waals surface area contributed by atoms with E-state index in [1.165, 1.54) is 19.2 Å². The van der Waals surface area contributed by atoms with Crippen LogP contribution in [0, 0.1) is 11.3 Å². The third-order valence-electron chi connectivity index (χ3n) is 5.28. The molecule has 1 aliphatic carbocycles. The predicted molar refractivity (Wildman–Crippen MR) is 111 cm³/mol. The van der Waals surface area contributed by atoms with Crippen molar-refractivity contribution in [2.24, 2.45) is 11.3 Å². The number of sulfonamides is 1. The Morgan fingerprint density at radius 2 is 1.77 bits per heavy atom. The second-order valence-electron chi connectivity index (χ2n) is 7.26. The van der Waals surface area contributed by atoms with Gasteiger partial charge in [0.1, 0.15) is 5.75 Å². The van der Waals surface area contributed by atoms with Crippen LogP contribution in [0.5, 0.6) is 5.75 Å². The van der Waals surface area contributed by atoms with E-state index < -0.39 is 33.2 Å². The maximum atomic E-state index is 12.6. The molecule has 1 amide bonds. The van der Waals surface area contributed by atoms with Crippen LogP contribution in [0.25, 0.3) is 0 Å². The van der Waals surface area contributed by atoms with Crippen LogP contribution in [0.4, 0.5) is 5.69 Å². The second kappa shape index (κ2) is 8.94. The fourth-order valence-electron chi connectivity index (χ4n) is 3.52. The van der Waals surface area contributed by atoms with Crippen LogP contribution in [0.3, 0.4) is 0 Å². The van der Waals surface area contributed by atoms with Crippen molar-refractivity contribution in [3.63, 3.8) is 0 Å². The highest BCUT2D eigenvalue weighted by atomic mass is 32.2. The highest BCUT2D eigenvalue weighted by Crippen LogP contribution is 2.55. The maximum Gasteiger partial charge on any atom is 0.313 e. The molecule has 0 aliphatic heterocycles. The van der Waals surface area contributed by atoms with E-state index in [0.29, 0.717) is 11.4 Å². The molecule has 166 valence electrons. The van der Waals surface area contributed by atoms with Gasteiger partial charge in [-0.05, 0) is 61.7 Å². The third-order valence-corrected chi connectivity index (χ3v) is 6.68. The summed E-state index contributed by atoms with van der Waals surface area (Å²) in [5, 5.41) is 8.90. The lowest BCUT2D eigenvalue weighted by molar-refractivity contribution is -0.152. The molecule has 0 saturated heterocycles. The molecule has 0 bridgehead atoms. The molecule has 3 rings (SSSR count). The lowest BCUT2D eigenvalue weighted by atomic mass is 9.93. The number of ether oxygens (including phenoxy) is 2. The van der Waals surface area contributed by atoms with E-state index >= 15 is 0 Å². The molecule has 31 heavy (non-hydrogen) atoms. The summed E-state index contributed by atoms with van der Waals surface area (Å²) in [6, 6.07) is 12.5. The normalized spacial score (nSPS) is 19.9. The minimum Gasteiger partial charge on any atom is -0.497 e. The van der Waals surface area contributed by atoms with Gasteiger partial charge in [-0.2, -0.15) is 0 Å².